The lowest BCUT2D eigenvalue weighted by Gasteiger charge is -2.07. The molecular weight excluding hydrogens is 240 g/mol. The van der Waals surface area contributed by atoms with Gasteiger partial charge in [-0.1, -0.05) is 29.3 Å². The minimum Gasteiger partial charge on any atom is -0.384 e. The predicted octanol–water partition coefficient (Wildman–Crippen LogP) is 3.53. The maximum absolute atomic E-state index is 8.89. The Kier molecular flexibility index (Phi) is 4.48. The lowest BCUT2D eigenvalue weighted by atomic mass is 10.2. The molecule has 3 heteroatoms. The third-order valence-electron chi connectivity index (χ3n) is 1.95. The molecule has 74 valence electrons. The number of hydrogen-bond acceptors (Lipinski definition) is 2. The van der Waals surface area contributed by atoms with E-state index in [0.29, 0.717) is 5.56 Å². The standard InChI is InChI=1S/C11H13BrN2/c1-2-3-6-14-11-5-4-10(12)7-9(11)8-13/h4-5,7,14H,2-3,6H2,1H3. The number of unbranched alkanes of at least 4 members (excludes halogenated alkanes) is 1. The van der Waals surface area contributed by atoms with Gasteiger partial charge in [0.25, 0.3) is 0 Å². The Hall–Kier alpha value is -1.01. The van der Waals surface area contributed by atoms with Crippen LogP contribution in [-0.2, 0) is 0 Å². The number of anilines is 1. The van der Waals surface area contributed by atoms with Gasteiger partial charge in [-0.05, 0) is 24.6 Å². The predicted molar refractivity (Wildman–Crippen MR) is 62.3 cm³/mol. The van der Waals surface area contributed by atoms with Crippen molar-refractivity contribution in [3.63, 3.8) is 0 Å². The van der Waals surface area contributed by atoms with Crippen LogP contribution in [0.1, 0.15) is 25.3 Å². The monoisotopic (exact) mass is 252 g/mol. The highest BCUT2D eigenvalue weighted by molar-refractivity contribution is 9.10. The molecule has 0 radical (unpaired) electrons. The van der Waals surface area contributed by atoms with E-state index in [0.717, 1.165) is 29.5 Å². The molecule has 2 nitrogen and oxygen atoms in total. The van der Waals surface area contributed by atoms with E-state index >= 15 is 0 Å². The van der Waals surface area contributed by atoms with Crippen molar-refractivity contribution in [3.05, 3.63) is 28.2 Å². The van der Waals surface area contributed by atoms with Crippen molar-refractivity contribution >= 4 is 21.6 Å². The molecule has 0 bridgehead atoms. The zero-order chi connectivity index (χ0) is 10.4. The van der Waals surface area contributed by atoms with Crippen LogP contribution in [0.3, 0.4) is 0 Å². The Morgan fingerprint density at radius 1 is 1.50 bits per heavy atom. The Labute approximate surface area is 93.1 Å². The van der Waals surface area contributed by atoms with E-state index in [4.69, 9.17) is 5.26 Å². The van der Waals surface area contributed by atoms with Gasteiger partial charge in [0, 0.05) is 11.0 Å². The van der Waals surface area contributed by atoms with Crippen molar-refractivity contribution in [1.29, 1.82) is 5.26 Å². The number of rotatable bonds is 4. The summed E-state index contributed by atoms with van der Waals surface area (Å²) in [7, 11) is 0. The average molecular weight is 253 g/mol. The lowest BCUT2D eigenvalue weighted by Crippen LogP contribution is -2.02. The van der Waals surface area contributed by atoms with Crippen molar-refractivity contribution < 1.29 is 0 Å². The first-order valence-corrected chi connectivity index (χ1v) is 5.50. The largest absolute Gasteiger partial charge is 0.384 e. The first-order valence-electron chi connectivity index (χ1n) is 4.71. The molecule has 1 N–H and O–H groups in total. The zero-order valence-electron chi connectivity index (χ0n) is 8.18. The van der Waals surface area contributed by atoms with Crippen LogP contribution in [0.4, 0.5) is 5.69 Å². The van der Waals surface area contributed by atoms with Gasteiger partial charge in [0.2, 0.25) is 0 Å². The van der Waals surface area contributed by atoms with E-state index in [1.807, 2.05) is 18.2 Å². The number of nitriles is 1. The summed E-state index contributed by atoms with van der Waals surface area (Å²) >= 11 is 3.34. The molecule has 1 rings (SSSR count). The highest BCUT2D eigenvalue weighted by atomic mass is 79.9. The number of halogens is 1. The van der Waals surface area contributed by atoms with E-state index in [-0.39, 0.29) is 0 Å². The Morgan fingerprint density at radius 3 is 2.93 bits per heavy atom. The maximum Gasteiger partial charge on any atom is 0.101 e. The Morgan fingerprint density at radius 2 is 2.29 bits per heavy atom. The average Bonchev–Trinajstić information content (AvgIpc) is 2.20. The molecule has 0 aliphatic rings. The van der Waals surface area contributed by atoms with Gasteiger partial charge in [-0.25, -0.2) is 0 Å². The van der Waals surface area contributed by atoms with E-state index in [2.05, 4.69) is 34.2 Å². The van der Waals surface area contributed by atoms with Crippen LogP contribution in [-0.4, -0.2) is 6.54 Å². The molecule has 0 heterocycles. The number of benzene rings is 1. The van der Waals surface area contributed by atoms with E-state index in [1.165, 1.54) is 0 Å². The van der Waals surface area contributed by atoms with Crippen molar-refractivity contribution in [3.8, 4) is 6.07 Å². The second-order valence-electron chi connectivity index (χ2n) is 3.08. The van der Waals surface area contributed by atoms with E-state index in [9.17, 15) is 0 Å². The van der Waals surface area contributed by atoms with Crippen LogP contribution in [0.2, 0.25) is 0 Å². The number of nitrogens with zero attached hydrogens (tertiary/aromatic N) is 1. The van der Waals surface area contributed by atoms with E-state index < -0.39 is 0 Å². The van der Waals surface area contributed by atoms with Gasteiger partial charge in [0.15, 0.2) is 0 Å². The molecule has 0 atom stereocenters. The van der Waals surface area contributed by atoms with E-state index in [1.54, 1.807) is 0 Å². The molecule has 0 aliphatic carbocycles. The molecule has 0 aliphatic heterocycles. The van der Waals surface area contributed by atoms with Crippen LogP contribution < -0.4 is 5.32 Å². The van der Waals surface area contributed by atoms with Crippen LogP contribution in [0.25, 0.3) is 0 Å². The lowest BCUT2D eigenvalue weighted by molar-refractivity contribution is 0.834. The smallest absolute Gasteiger partial charge is 0.101 e. The van der Waals surface area contributed by atoms with Gasteiger partial charge >= 0.3 is 0 Å². The van der Waals surface area contributed by atoms with Crippen molar-refractivity contribution in [2.45, 2.75) is 19.8 Å². The first kappa shape index (κ1) is 11.1. The third-order valence-corrected chi connectivity index (χ3v) is 2.44. The summed E-state index contributed by atoms with van der Waals surface area (Å²) in [4.78, 5) is 0. The highest BCUT2D eigenvalue weighted by Gasteiger charge is 2.00. The second kappa shape index (κ2) is 5.66. The fourth-order valence-corrected chi connectivity index (χ4v) is 1.52. The normalized spacial score (nSPS) is 9.50. The minimum atomic E-state index is 0.690. The molecule has 0 amide bonds. The van der Waals surface area contributed by atoms with Crippen LogP contribution >= 0.6 is 15.9 Å². The van der Waals surface area contributed by atoms with Crippen molar-refractivity contribution in [2.75, 3.05) is 11.9 Å². The second-order valence-corrected chi connectivity index (χ2v) is 4.00. The highest BCUT2D eigenvalue weighted by Crippen LogP contribution is 2.20. The molecule has 0 spiro atoms. The summed E-state index contributed by atoms with van der Waals surface area (Å²) in [6.45, 7) is 3.07. The summed E-state index contributed by atoms with van der Waals surface area (Å²) in [5.41, 5.74) is 1.61. The van der Waals surface area contributed by atoms with Crippen LogP contribution in [0, 0.1) is 11.3 Å². The van der Waals surface area contributed by atoms with Gasteiger partial charge in [0.05, 0.1) is 11.3 Å². The minimum absolute atomic E-state index is 0.690. The Bertz CT molecular complexity index is 342. The fourth-order valence-electron chi connectivity index (χ4n) is 1.16. The van der Waals surface area contributed by atoms with Gasteiger partial charge in [0.1, 0.15) is 6.07 Å². The SMILES string of the molecule is CCCCNc1ccc(Br)cc1C#N. The maximum atomic E-state index is 8.89. The Balaban J connectivity index is 2.72. The molecule has 14 heavy (non-hydrogen) atoms. The summed E-state index contributed by atoms with van der Waals surface area (Å²) in [6.07, 6.45) is 2.28. The summed E-state index contributed by atoms with van der Waals surface area (Å²) in [5.74, 6) is 0. The topological polar surface area (TPSA) is 35.8 Å². The van der Waals surface area contributed by atoms with Gasteiger partial charge in [-0.15, -0.1) is 0 Å². The quantitative estimate of drug-likeness (QED) is 0.833. The molecular formula is C11H13BrN2. The van der Waals surface area contributed by atoms with Crippen molar-refractivity contribution in [2.24, 2.45) is 0 Å². The molecule has 0 saturated heterocycles. The van der Waals surface area contributed by atoms with Gasteiger partial charge < -0.3 is 5.32 Å². The number of hydrogen-bond donors (Lipinski definition) is 1. The molecule has 0 saturated carbocycles. The summed E-state index contributed by atoms with van der Waals surface area (Å²) < 4.78 is 0.940. The fraction of sp³-hybridized carbons (Fsp3) is 0.364. The summed E-state index contributed by atoms with van der Waals surface area (Å²) in [5, 5.41) is 12.1. The molecule has 1 aromatic rings. The van der Waals surface area contributed by atoms with Gasteiger partial charge in [-0.2, -0.15) is 5.26 Å². The van der Waals surface area contributed by atoms with Crippen molar-refractivity contribution in [1.82, 2.24) is 0 Å². The molecule has 1 aromatic carbocycles. The van der Waals surface area contributed by atoms with Crippen LogP contribution in [0.15, 0.2) is 22.7 Å². The summed E-state index contributed by atoms with van der Waals surface area (Å²) in [6, 6.07) is 7.87. The van der Waals surface area contributed by atoms with Crippen LogP contribution in [0.5, 0.6) is 0 Å². The molecule has 0 aromatic heterocycles. The van der Waals surface area contributed by atoms with Gasteiger partial charge in [-0.3, -0.25) is 0 Å². The molecule has 0 unspecified atom stereocenters. The third kappa shape index (κ3) is 3.04. The molecule has 0 fully saturated rings. The zero-order valence-corrected chi connectivity index (χ0v) is 9.76. The number of nitrogens with one attached hydrogen (secondary N) is 1. The first-order chi connectivity index (χ1) is 6.77.